The van der Waals surface area contributed by atoms with Crippen molar-refractivity contribution in [2.75, 3.05) is 5.73 Å². The molecule has 3 aromatic rings. The zero-order valence-corrected chi connectivity index (χ0v) is 12.5. The van der Waals surface area contributed by atoms with Crippen LogP contribution in [0, 0.1) is 6.92 Å². The summed E-state index contributed by atoms with van der Waals surface area (Å²) in [6.45, 7) is 1.70. The van der Waals surface area contributed by atoms with E-state index in [0.717, 1.165) is 10.9 Å². The second-order valence-electron chi connectivity index (χ2n) is 5.14. The number of nitrogen functional groups attached to an aromatic ring is 1. The molecule has 0 aliphatic rings. The van der Waals surface area contributed by atoms with E-state index < -0.39 is 5.97 Å². The molecule has 6 heteroatoms. The van der Waals surface area contributed by atoms with Gasteiger partial charge in [-0.3, -0.25) is 0 Å². The van der Waals surface area contributed by atoms with Gasteiger partial charge in [0.1, 0.15) is 17.1 Å². The molecule has 0 bridgehead atoms. The second-order valence-corrected chi connectivity index (χ2v) is 5.14. The third kappa shape index (κ3) is 3.06. The number of nitrogens with two attached hydrogens (primary N) is 1. The Balaban J connectivity index is 1.79. The predicted molar refractivity (Wildman–Crippen MR) is 85.9 cm³/mol. The normalized spacial score (nSPS) is 10.7. The molecule has 0 spiro atoms. The molecule has 0 radical (unpaired) electrons. The number of anilines is 1. The number of aromatic hydroxyl groups is 1. The van der Waals surface area contributed by atoms with Gasteiger partial charge in [0, 0.05) is 5.39 Å². The van der Waals surface area contributed by atoms with Crippen LogP contribution in [0.2, 0.25) is 0 Å². The number of aromatic nitrogens is 2. The summed E-state index contributed by atoms with van der Waals surface area (Å²) in [6, 6.07) is 12.1. The number of hydrogen-bond donors (Lipinski definition) is 2. The molecule has 3 N–H and O–H groups in total. The standard InChI is InChI=1S/C17H15N3O3/c1-10-6-7-12(14(21)8-10)17(22)23-9-15-19-13-5-3-2-4-11(13)16(18)20-15/h2-8,21H,9H2,1H3,(H2,18,19,20). The molecule has 6 nitrogen and oxygen atoms in total. The molecule has 2 aromatic carbocycles. The van der Waals surface area contributed by atoms with Crippen LogP contribution in [0.1, 0.15) is 21.7 Å². The van der Waals surface area contributed by atoms with Crippen molar-refractivity contribution in [3.8, 4) is 5.75 Å². The van der Waals surface area contributed by atoms with Crippen LogP contribution in [0.3, 0.4) is 0 Å². The summed E-state index contributed by atoms with van der Waals surface area (Å²) in [5.41, 5.74) is 7.52. The molecule has 0 fully saturated rings. The average Bonchev–Trinajstić information content (AvgIpc) is 2.53. The van der Waals surface area contributed by atoms with E-state index in [-0.39, 0.29) is 17.9 Å². The summed E-state index contributed by atoms with van der Waals surface area (Å²) in [6.07, 6.45) is 0. The molecule has 1 heterocycles. The number of phenols is 1. The number of para-hydroxylation sites is 1. The molecule has 0 saturated heterocycles. The topological polar surface area (TPSA) is 98.3 Å². The maximum Gasteiger partial charge on any atom is 0.342 e. The summed E-state index contributed by atoms with van der Waals surface area (Å²) in [4.78, 5) is 20.5. The highest BCUT2D eigenvalue weighted by Crippen LogP contribution is 2.20. The Morgan fingerprint density at radius 3 is 2.78 bits per heavy atom. The van der Waals surface area contributed by atoms with Crippen molar-refractivity contribution in [2.45, 2.75) is 13.5 Å². The molecule has 0 aliphatic heterocycles. The van der Waals surface area contributed by atoms with Crippen LogP contribution in [0.4, 0.5) is 5.82 Å². The molecule has 0 aliphatic carbocycles. The lowest BCUT2D eigenvalue weighted by molar-refractivity contribution is 0.0459. The summed E-state index contributed by atoms with van der Waals surface area (Å²) >= 11 is 0. The van der Waals surface area contributed by atoms with Crippen LogP contribution < -0.4 is 5.73 Å². The summed E-state index contributed by atoms with van der Waals surface area (Å²) < 4.78 is 5.16. The van der Waals surface area contributed by atoms with E-state index in [1.165, 1.54) is 12.1 Å². The number of hydrogen-bond acceptors (Lipinski definition) is 6. The van der Waals surface area contributed by atoms with Crippen molar-refractivity contribution in [3.63, 3.8) is 0 Å². The Hall–Kier alpha value is -3.15. The lowest BCUT2D eigenvalue weighted by Crippen LogP contribution is -2.09. The van der Waals surface area contributed by atoms with Crippen LogP contribution in [0.15, 0.2) is 42.5 Å². The highest BCUT2D eigenvalue weighted by atomic mass is 16.5. The average molecular weight is 309 g/mol. The first-order chi connectivity index (χ1) is 11.0. The van der Waals surface area contributed by atoms with Crippen molar-refractivity contribution in [2.24, 2.45) is 0 Å². The lowest BCUT2D eigenvalue weighted by atomic mass is 10.1. The van der Waals surface area contributed by atoms with E-state index >= 15 is 0 Å². The van der Waals surface area contributed by atoms with Crippen molar-refractivity contribution in [3.05, 3.63) is 59.4 Å². The number of rotatable bonds is 3. The second kappa shape index (κ2) is 5.92. The summed E-state index contributed by atoms with van der Waals surface area (Å²) in [5, 5.41) is 10.5. The first kappa shape index (κ1) is 14.8. The number of benzene rings is 2. The van der Waals surface area contributed by atoms with Crippen molar-refractivity contribution >= 4 is 22.7 Å². The first-order valence-corrected chi connectivity index (χ1v) is 7.02. The smallest absolute Gasteiger partial charge is 0.342 e. The molecule has 3 rings (SSSR count). The van der Waals surface area contributed by atoms with Gasteiger partial charge < -0.3 is 15.6 Å². The minimum atomic E-state index is -0.641. The Labute approximate surface area is 132 Å². The molecule has 23 heavy (non-hydrogen) atoms. The van der Waals surface area contributed by atoms with Crippen molar-refractivity contribution < 1.29 is 14.6 Å². The Morgan fingerprint density at radius 2 is 2.00 bits per heavy atom. The molecule has 0 unspecified atom stereocenters. The number of ether oxygens (including phenoxy) is 1. The summed E-state index contributed by atoms with van der Waals surface area (Å²) in [5.74, 6) is -0.118. The van der Waals surface area contributed by atoms with Gasteiger partial charge in [-0.1, -0.05) is 18.2 Å². The monoisotopic (exact) mass is 309 g/mol. The predicted octanol–water partition coefficient (Wildman–Crippen LogP) is 2.58. The number of phenolic OH excluding ortho intramolecular Hbond substituents is 1. The molecule has 1 aromatic heterocycles. The van der Waals surface area contributed by atoms with Gasteiger partial charge in [0.15, 0.2) is 12.4 Å². The molecular formula is C17H15N3O3. The fraction of sp³-hybridized carbons (Fsp3) is 0.118. The minimum Gasteiger partial charge on any atom is -0.507 e. The Bertz CT molecular complexity index is 893. The zero-order valence-electron chi connectivity index (χ0n) is 12.5. The molecule has 0 saturated carbocycles. The van der Waals surface area contributed by atoms with Gasteiger partial charge in [0.25, 0.3) is 0 Å². The minimum absolute atomic E-state index is 0.101. The lowest BCUT2D eigenvalue weighted by Gasteiger charge is -2.08. The number of aryl methyl sites for hydroxylation is 1. The first-order valence-electron chi connectivity index (χ1n) is 7.02. The summed E-state index contributed by atoms with van der Waals surface area (Å²) in [7, 11) is 0. The Kier molecular flexibility index (Phi) is 3.80. The fourth-order valence-electron chi connectivity index (χ4n) is 2.24. The quantitative estimate of drug-likeness (QED) is 0.722. The third-order valence-electron chi connectivity index (χ3n) is 3.38. The van der Waals surface area contributed by atoms with Gasteiger partial charge >= 0.3 is 5.97 Å². The number of carbonyl (C=O) groups is 1. The fourth-order valence-corrected chi connectivity index (χ4v) is 2.24. The largest absolute Gasteiger partial charge is 0.507 e. The molecule has 0 amide bonds. The number of fused-ring (bicyclic) bond motifs is 1. The van der Waals surface area contributed by atoms with E-state index in [2.05, 4.69) is 9.97 Å². The van der Waals surface area contributed by atoms with Gasteiger partial charge in [-0.25, -0.2) is 14.8 Å². The third-order valence-corrected chi connectivity index (χ3v) is 3.38. The van der Waals surface area contributed by atoms with Crippen LogP contribution in [-0.2, 0) is 11.3 Å². The van der Waals surface area contributed by atoms with E-state index in [0.29, 0.717) is 17.2 Å². The van der Waals surface area contributed by atoms with Crippen LogP contribution >= 0.6 is 0 Å². The number of nitrogens with zero attached hydrogens (tertiary/aromatic N) is 2. The zero-order chi connectivity index (χ0) is 16.4. The molecular weight excluding hydrogens is 294 g/mol. The van der Waals surface area contributed by atoms with E-state index in [9.17, 15) is 9.90 Å². The van der Waals surface area contributed by atoms with E-state index in [1.807, 2.05) is 31.2 Å². The van der Waals surface area contributed by atoms with Crippen molar-refractivity contribution in [1.82, 2.24) is 9.97 Å². The maximum atomic E-state index is 12.0. The van der Waals surface area contributed by atoms with E-state index in [4.69, 9.17) is 10.5 Å². The highest BCUT2D eigenvalue weighted by Gasteiger charge is 2.14. The number of esters is 1. The van der Waals surface area contributed by atoms with Gasteiger partial charge in [0.05, 0.1) is 5.52 Å². The maximum absolute atomic E-state index is 12.0. The van der Waals surface area contributed by atoms with Crippen LogP contribution in [-0.4, -0.2) is 21.0 Å². The van der Waals surface area contributed by atoms with E-state index in [1.54, 1.807) is 6.07 Å². The van der Waals surface area contributed by atoms with Crippen molar-refractivity contribution in [1.29, 1.82) is 0 Å². The van der Waals surface area contributed by atoms with Gasteiger partial charge in [-0.15, -0.1) is 0 Å². The van der Waals surface area contributed by atoms with Crippen LogP contribution in [0.5, 0.6) is 5.75 Å². The van der Waals surface area contributed by atoms with Gasteiger partial charge in [-0.2, -0.15) is 0 Å². The van der Waals surface area contributed by atoms with Gasteiger partial charge in [0.2, 0.25) is 0 Å². The van der Waals surface area contributed by atoms with Crippen LogP contribution in [0.25, 0.3) is 10.9 Å². The number of carbonyl (C=O) groups excluding carboxylic acids is 1. The van der Waals surface area contributed by atoms with Gasteiger partial charge in [-0.05, 0) is 36.8 Å². The SMILES string of the molecule is Cc1ccc(C(=O)OCc2nc(N)c3ccccc3n2)c(O)c1. The molecule has 0 atom stereocenters. The molecule has 116 valence electrons. The Morgan fingerprint density at radius 1 is 1.22 bits per heavy atom. The highest BCUT2D eigenvalue weighted by molar-refractivity contribution is 5.92.